The van der Waals surface area contributed by atoms with E-state index < -0.39 is 65.7 Å². The van der Waals surface area contributed by atoms with E-state index in [0.29, 0.717) is 17.9 Å². The maximum Gasteiger partial charge on any atom is 0.409 e. The summed E-state index contributed by atoms with van der Waals surface area (Å²) >= 11 is 6.71. The van der Waals surface area contributed by atoms with Crippen LogP contribution >= 0.6 is 11.6 Å². The number of methoxy groups -OCH3 is 2. The van der Waals surface area contributed by atoms with E-state index in [4.69, 9.17) is 35.3 Å². The van der Waals surface area contributed by atoms with Crippen LogP contribution in [0.3, 0.4) is 0 Å². The van der Waals surface area contributed by atoms with Gasteiger partial charge < -0.3 is 38.6 Å². The van der Waals surface area contributed by atoms with Crippen LogP contribution in [0.25, 0.3) is 0 Å². The Labute approximate surface area is 286 Å². The van der Waals surface area contributed by atoms with Gasteiger partial charge in [-0.05, 0) is 44.9 Å². The van der Waals surface area contributed by atoms with Gasteiger partial charge in [-0.2, -0.15) is 0 Å². The minimum absolute atomic E-state index is 0.0436. The molecule has 3 aliphatic rings. The minimum atomic E-state index is -1.81. The van der Waals surface area contributed by atoms with Gasteiger partial charge in [0.05, 0.1) is 25.3 Å². The van der Waals surface area contributed by atoms with Crippen molar-refractivity contribution in [3.63, 3.8) is 0 Å². The zero-order valence-electron chi connectivity index (χ0n) is 28.9. The molecular formula is C34H46ClN3O10. The Hall–Kier alpha value is -3.65. The lowest BCUT2D eigenvalue weighted by atomic mass is 9.83. The van der Waals surface area contributed by atoms with Gasteiger partial charge in [0, 0.05) is 40.5 Å². The number of esters is 1. The summed E-state index contributed by atoms with van der Waals surface area (Å²) in [6, 6.07) is 2.63. The summed E-state index contributed by atoms with van der Waals surface area (Å²) in [5.41, 5.74) is -0.871. The van der Waals surface area contributed by atoms with Crippen LogP contribution in [0.2, 0.25) is 5.02 Å². The van der Waals surface area contributed by atoms with Gasteiger partial charge in [-0.1, -0.05) is 42.3 Å². The summed E-state index contributed by atoms with van der Waals surface area (Å²) in [5, 5.41) is 14.4. The number of fused-ring (bicyclic) bond motifs is 5. The summed E-state index contributed by atoms with van der Waals surface area (Å²) in [6.07, 6.45) is 1.02. The Balaban J connectivity index is 1.80. The molecule has 2 fully saturated rings. The number of aliphatic hydroxyl groups is 1. The number of carbonyl (C=O) groups excluding carboxylic acids is 4. The van der Waals surface area contributed by atoms with Gasteiger partial charge in [-0.3, -0.25) is 14.9 Å². The number of ether oxygens (including phenoxy) is 5. The van der Waals surface area contributed by atoms with Crippen LogP contribution in [0, 0.1) is 5.92 Å². The van der Waals surface area contributed by atoms with E-state index >= 15 is 0 Å². The van der Waals surface area contributed by atoms with Crippen molar-refractivity contribution in [3.8, 4) is 5.75 Å². The molecule has 0 unspecified atom stereocenters. The third-order valence-electron chi connectivity index (χ3n) is 9.63. The Morgan fingerprint density at radius 2 is 1.94 bits per heavy atom. The fourth-order valence-electron chi connectivity index (χ4n) is 6.27. The molecule has 2 N–H and O–H groups in total. The number of rotatable bonds is 5. The zero-order chi connectivity index (χ0) is 35.7. The molecule has 0 aromatic heterocycles. The molecule has 3 amide bonds. The van der Waals surface area contributed by atoms with E-state index in [2.05, 4.69) is 5.32 Å². The van der Waals surface area contributed by atoms with E-state index in [9.17, 15) is 24.3 Å². The van der Waals surface area contributed by atoms with Gasteiger partial charge in [0.2, 0.25) is 11.8 Å². The van der Waals surface area contributed by atoms with Gasteiger partial charge in [-0.15, -0.1) is 0 Å². The highest BCUT2D eigenvalue weighted by molar-refractivity contribution is 6.35. The number of anilines is 1. The molecule has 0 saturated carbocycles. The highest BCUT2D eigenvalue weighted by atomic mass is 35.5. The summed E-state index contributed by atoms with van der Waals surface area (Å²) < 4.78 is 28.9. The Morgan fingerprint density at radius 3 is 2.56 bits per heavy atom. The van der Waals surface area contributed by atoms with Crippen LogP contribution in [-0.2, 0) is 39.8 Å². The number of hydrogen-bond acceptors (Lipinski definition) is 10. The van der Waals surface area contributed by atoms with Crippen molar-refractivity contribution in [3.05, 3.63) is 46.5 Å². The summed E-state index contributed by atoms with van der Waals surface area (Å²) in [4.78, 5) is 54.7. The lowest BCUT2D eigenvalue weighted by molar-refractivity contribution is -0.161. The molecule has 2 saturated heterocycles. The lowest BCUT2D eigenvalue weighted by Crippen LogP contribution is -2.63. The largest absolute Gasteiger partial charge is 0.495 e. The van der Waals surface area contributed by atoms with Crippen molar-refractivity contribution in [1.82, 2.24) is 10.2 Å². The van der Waals surface area contributed by atoms with Crippen molar-refractivity contribution in [2.45, 2.75) is 95.7 Å². The second kappa shape index (κ2) is 14.5. The molecule has 3 heterocycles. The Kier molecular flexibility index (Phi) is 11.2. The number of amides is 3. The molecule has 48 heavy (non-hydrogen) atoms. The SMILES string of the molecule is COc1cc2cc(c1Cl)N(C)C(=O)C[C@@H](OC(=O)[C@H](C)N(C)C(C)=O)[C@]1(C)O[C@H]1[C@H](C)[C@@H]1C[C@@](O)(NC(=O)O1)[C@H](OC)/C=C/C=C(\C)C2. The van der Waals surface area contributed by atoms with E-state index in [1.54, 1.807) is 45.2 Å². The fraction of sp³-hybridized carbons (Fsp3) is 0.588. The summed E-state index contributed by atoms with van der Waals surface area (Å²) in [7, 11) is 5.97. The maximum atomic E-state index is 14.0. The van der Waals surface area contributed by atoms with Crippen molar-refractivity contribution in [2.75, 3.05) is 33.2 Å². The van der Waals surface area contributed by atoms with E-state index in [0.717, 1.165) is 11.1 Å². The molecule has 4 rings (SSSR count). The number of nitrogens with one attached hydrogen (secondary N) is 1. The lowest BCUT2D eigenvalue weighted by Gasteiger charge is -2.42. The average molecular weight is 692 g/mol. The smallest absolute Gasteiger partial charge is 0.409 e. The van der Waals surface area contributed by atoms with Gasteiger partial charge in [0.15, 0.2) is 5.72 Å². The molecular weight excluding hydrogens is 646 g/mol. The molecule has 4 bridgehead atoms. The number of nitrogens with zero attached hydrogens (tertiary/aromatic N) is 2. The maximum absolute atomic E-state index is 14.0. The van der Waals surface area contributed by atoms with Crippen molar-refractivity contribution < 1.29 is 48.0 Å². The van der Waals surface area contributed by atoms with Crippen LogP contribution in [0.15, 0.2) is 35.9 Å². The number of benzene rings is 1. The third kappa shape index (κ3) is 7.64. The van der Waals surface area contributed by atoms with Gasteiger partial charge in [0.25, 0.3) is 0 Å². The van der Waals surface area contributed by atoms with Gasteiger partial charge in [0.1, 0.15) is 40.7 Å². The fourth-order valence-corrected chi connectivity index (χ4v) is 6.59. The summed E-state index contributed by atoms with van der Waals surface area (Å²) in [6.45, 7) is 8.29. The molecule has 1 aromatic carbocycles. The normalized spacial score (nSPS) is 33.2. The standard InChI is InChI=1S/C34H46ClN3O10/c1-18-11-10-12-26(45-9)34(43)17-25(46-32(42)36-34)19(2)30-33(5,48-30)27(47-31(41)20(3)37(6)21(4)39)16-28(40)38(7)23-14-22(13-18)15-24(44-8)29(23)35/h10-12,14-15,19-20,25-27,30,43H,13,16-17H2,1-9H3,(H,36,42)/b12-10+,18-11+/t19-,20+,25+,26-,27-,30+,33+,34+/m1/s1. The van der Waals surface area contributed by atoms with Crippen molar-refractivity contribution in [1.29, 1.82) is 0 Å². The first-order valence-corrected chi connectivity index (χ1v) is 16.2. The molecule has 264 valence electrons. The molecule has 13 nitrogen and oxygen atoms in total. The molecule has 0 aliphatic carbocycles. The second-order valence-corrected chi connectivity index (χ2v) is 13.4. The van der Waals surface area contributed by atoms with Gasteiger partial charge >= 0.3 is 12.1 Å². The Morgan fingerprint density at radius 1 is 1.25 bits per heavy atom. The number of likely N-dealkylation sites (N-methyl/N-ethyl adjacent to an activating group) is 1. The van der Waals surface area contributed by atoms with E-state index in [1.165, 1.54) is 44.9 Å². The van der Waals surface area contributed by atoms with Crippen molar-refractivity contribution >= 4 is 41.2 Å². The predicted octanol–water partition coefficient (Wildman–Crippen LogP) is 3.53. The second-order valence-electron chi connectivity index (χ2n) is 13.0. The molecule has 14 heteroatoms. The summed E-state index contributed by atoms with van der Waals surface area (Å²) in [5.74, 6) is -1.63. The predicted molar refractivity (Wildman–Crippen MR) is 177 cm³/mol. The quantitative estimate of drug-likeness (QED) is 0.346. The number of epoxide rings is 1. The number of alkyl carbamates (subject to hydrolysis) is 1. The first-order valence-electron chi connectivity index (χ1n) is 15.8. The molecule has 8 atom stereocenters. The molecule has 3 aliphatic heterocycles. The van der Waals surface area contributed by atoms with Crippen LogP contribution in [0.4, 0.5) is 10.5 Å². The van der Waals surface area contributed by atoms with Crippen LogP contribution < -0.4 is 15.0 Å². The minimum Gasteiger partial charge on any atom is -0.495 e. The average Bonchev–Trinajstić information content (AvgIpc) is 3.73. The van der Waals surface area contributed by atoms with Crippen molar-refractivity contribution in [2.24, 2.45) is 5.92 Å². The van der Waals surface area contributed by atoms with Crippen LogP contribution in [0.1, 0.15) is 53.0 Å². The van der Waals surface area contributed by atoms with E-state index in [-0.39, 0.29) is 23.8 Å². The molecule has 1 aromatic rings. The number of halogens is 1. The van der Waals surface area contributed by atoms with E-state index in [1.807, 2.05) is 13.0 Å². The highest BCUT2D eigenvalue weighted by Crippen LogP contribution is 2.49. The number of hydrogen-bond donors (Lipinski definition) is 2. The Bertz CT molecular complexity index is 1500. The number of allylic oxidation sites excluding steroid dienone is 3. The molecule has 0 radical (unpaired) electrons. The first kappa shape index (κ1) is 37.2. The van der Waals surface area contributed by atoms with Crippen LogP contribution in [-0.4, -0.2) is 104 Å². The van der Waals surface area contributed by atoms with Gasteiger partial charge in [-0.25, -0.2) is 9.59 Å². The highest BCUT2D eigenvalue weighted by Gasteiger charge is 2.64. The first-order chi connectivity index (χ1) is 22.4. The topological polar surface area (TPSA) is 156 Å². The zero-order valence-corrected chi connectivity index (χ0v) is 29.6. The monoisotopic (exact) mass is 691 g/mol. The van der Waals surface area contributed by atoms with Crippen LogP contribution in [0.5, 0.6) is 5.75 Å². The molecule has 0 spiro atoms. The third-order valence-corrected chi connectivity index (χ3v) is 10.0. The number of carbonyl (C=O) groups is 4.